The summed E-state index contributed by atoms with van der Waals surface area (Å²) in [5.41, 5.74) is 7.23. The molecule has 0 aliphatic rings. The van der Waals surface area contributed by atoms with E-state index in [1.165, 1.54) is 0 Å². The lowest BCUT2D eigenvalue weighted by molar-refractivity contribution is 0.942. The molecule has 0 rings (SSSR count). The standard InChI is InChI=1S/C2H6BN3S/c3-1(4)2(7)6-5/h6-7H,4-5H2/b2-1+. The Hall–Kier alpha value is -0.285. The van der Waals surface area contributed by atoms with Crippen LogP contribution < -0.4 is 17.0 Å². The van der Waals surface area contributed by atoms with E-state index in [0.717, 1.165) is 0 Å². The Morgan fingerprint density at radius 2 is 2.14 bits per heavy atom. The molecule has 0 atom stereocenters. The van der Waals surface area contributed by atoms with Gasteiger partial charge in [-0.1, -0.05) is 0 Å². The van der Waals surface area contributed by atoms with E-state index < -0.39 is 0 Å². The monoisotopic (exact) mass is 115 g/mol. The molecule has 7 heavy (non-hydrogen) atoms. The summed E-state index contributed by atoms with van der Waals surface area (Å²) >= 11 is 3.72. The molecule has 0 spiro atoms. The fraction of sp³-hybridized carbons (Fsp3) is 0. The molecule has 0 aromatic rings. The van der Waals surface area contributed by atoms with E-state index in [1.807, 2.05) is 0 Å². The first-order chi connectivity index (χ1) is 3.18. The van der Waals surface area contributed by atoms with E-state index in [4.69, 9.17) is 19.4 Å². The van der Waals surface area contributed by atoms with Crippen molar-refractivity contribution in [1.82, 2.24) is 5.43 Å². The van der Waals surface area contributed by atoms with Crippen LogP contribution in [-0.4, -0.2) is 7.85 Å². The second kappa shape index (κ2) is 2.82. The Morgan fingerprint density at radius 1 is 1.71 bits per heavy atom. The predicted molar refractivity (Wildman–Crippen MR) is 33.3 cm³/mol. The summed E-state index contributed by atoms with van der Waals surface area (Å²) in [6, 6.07) is 0. The number of hydrogen-bond donors (Lipinski definition) is 4. The van der Waals surface area contributed by atoms with Gasteiger partial charge in [-0.3, -0.25) is 5.84 Å². The van der Waals surface area contributed by atoms with Crippen molar-refractivity contribution in [3.8, 4) is 0 Å². The Morgan fingerprint density at radius 3 is 2.14 bits per heavy atom. The molecule has 0 aliphatic heterocycles. The van der Waals surface area contributed by atoms with Crippen LogP contribution in [0.3, 0.4) is 0 Å². The maximum absolute atomic E-state index is 4.98. The van der Waals surface area contributed by atoms with Crippen molar-refractivity contribution < 1.29 is 0 Å². The molecule has 5 heteroatoms. The topological polar surface area (TPSA) is 64.1 Å². The predicted octanol–water partition coefficient (Wildman–Crippen LogP) is -1.37. The van der Waals surface area contributed by atoms with Crippen LogP contribution >= 0.6 is 12.6 Å². The lowest BCUT2D eigenvalue weighted by Crippen LogP contribution is -2.21. The van der Waals surface area contributed by atoms with Crippen LogP contribution in [0.4, 0.5) is 0 Å². The summed E-state index contributed by atoms with van der Waals surface area (Å²) in [5.74, 6) is 4.83. The van der Waals surface area contributed by atoms with Crippen molar-refractivity contribution in [2.75, 3.05) is 0 Å². The Kier molecular flexibility index (Phi) is 2.70. The molecule has 3 nitrogen and oxygen atoms in total. The Bertz CT molecular complexity index is 86.9. The highest BCUT2D eigenvalue weighted by atomic mass is 32.1. The van der Waals surface area contributed by atoms with E-state index in [0.29, 0.717) is 5.03 Å². The molecule has 0 heterocycles. The molecule has 38 valence electrons. The maximum atomic E-state index is 4.98. The van der Waals surface area contributed by atoms with Gasteiger partial charge in [0.25, 0.3) is 0 Å². The van der Waals surface area contributed by atoms with Crippen molar-refractivity contribution in [3.63, 3.8) is 0 Å². The van der Waals surface area contributed by atoms with Crippen molar-refractivity contribution in [2.45, 2.75) is 0 Å². The van der Waals surface area contributed by atoms with Crippen molar-refractivity contribution in [3.05, 3.63) is 10.6 Å². The summed E-state index contributed by atoms with van der Waals surface area (Å²) in [4.78, 5) is 0. The van der Waals surface area contributed by atoms with Crippen LogP contribution in [0.15, 0.2) is 10.6 Å². The van der Waals surface area contributed by atoms with Gasteiger partial charge in [0.1, 0.15) is 7.85 Å². The molecule has 5 N–H and O–H groups in total. The largest absolute Gasteiger partial charge is 0.409 e. The van der Waals surface area contributed by atoms with E-state index in [9.17, 15) is 0 Å². The van der Waals surface area contributed by atoms with Gasteiger partial charge in [0.15, 0.2) is 0 Å². The third-order valence-corrected chi connectivity index (χ3v) is 0.797. The second-order valence-electron chi connectivity index (χ2n) is 0.948. The van der Waals surface area contributed by atoms with Crippen LogP contribution in [0, 0.1) is 0 Å². The van der Waals surface area contributed by atoms with Crippen molar-refractivity contribution in [2.24, 2.45) is 11.6 Å². The normalized spacial score (nSPS) is 12.9. The average molecular weight is 115 g/mol. The van der Waals surface area contributed by atoms with Gasteiger partial charge in [-0.15, -0.1) is 12.6 Å². The molecule has 0 aromatic heterocycles. The molecule has 0 bridgehead atoms. The third kappa shape index (κ3) is 2.41. The number of thiol groups is 1. The zero-order chi connectivity index (χ0) is 5.86. The van der Waals surface area contributed by atoms with Gasteiger partial charge < -0.3 is 11.2 Å². The highest BCUT2D eigenvalue weighted by molar-refractivity contribution is 7.84. The van der Waals surface area contributed by atoms with E-state index in [2.05, 4.69) is 18.1 Å². The van der Waals surface area contributed by atoms with Gasteiger partial charge in [0.05, 0.1) is 5.03 Å². The molecule has 0 saturated heterocycles. The first-order valence-electron chi connectivity index (χ1n) is 1.59. The minimum Gasteiger partial charge on any atom is -0.409 e. The molecular weight excluding hydrogens is 109 g/mol. The van der Waals surface area contributed by atoms with Crippen LogP contribution in [-0.2, 0) is 0 Å². The molecule has 0 aliphatic carbocycles. The van der Waals surface area contributed by atoms with Crippen molar-refractivity contribution >= 4 is 20.5 Å². The maximum Gasteiger partial charge on any atom is 0.141 e. The van der Waals surface area contributed by atoms with Crippen LogP contribution in [0.2, 0.25) is 0 Å². The Labute approximate surface area is 48.9 Å². The molecule has 0 saturated carbocycles. The van der Waals surface area contributed by atoms with Crippen LogP contribution in [0.5, 0.6) is 0 Å². The number of hydrogen-bond acceptors (Lipinski definition) is 4. The van der Waals surface area contributed by atoms with E-state index in [-0.39, 0.29) is 5.60 Å². The fourth-order valence-electron chi connectivity index (χ4n) is 0.0833. The molecule has 2 radical (unpaired) electrons. The molecular formula is C2H6BN3S. The first-order valence-corrected chi connectivity index (χ1v) is 2.04. The molecule has 0 aromatic carbocycles. The summed E-state index contributed by atoms with van der Waals surface area (Å²) in [7, 11) is 4.98. The van der Waals surface area contributed by atoms with Crippen LogP contribution in [0.25, 0.3) is 0 Å². The van der Waals surface area contributed by atoms with Gasteiger partial charge >= 0.3 is 0 Å². The van der Waals surface area contributed by atoms with Gasteiger partial charge in [-0.05, 0) is 5.60 Å². The highest BCUT2D eigenvalue weighted by Crippen LogP contribution is 1.91. The smallest absolute Gasteiger partial charge is 0.141 e. The fourth-order valence-corrected chi connectivity index (χ4v) is 0.0833. The highest BCUT2D eigenvalue weighted by Gasteiger charge is 1.83. The van der Waals surface area contributed by atoms with Gasteiger partial charge in [-0.25, -0.2) is 0 Å². The zero-order valence-electron chi connectivity index (χ0n) is 3.68. The lowest BCUT2D eigenvalue weighted by Gasteiger charge is -1.97. The minimum atomic E-state index is 0.0887. The summed E-state index contributed by atoms with van der Waals surface area (Å²) < 4.78 is 0. The summed E-state index contributed by atoms with van der Waals surface area (Å²) in [6.45, 7) is 0. The summed E-state index contributed by atoms with van der Waals surface area (Å²) in [5, 5.41) is 0.292. The quantitative estimate of drug-likeness (QED) is 0.147. The van der Waals surface area contributed by atoms with Gasteiger partial charge in [0, 0.05) is 0 Å². The van der Waals surface area contributed by atoms with Gasteiger partial charge in [-0.2, -0.15) is 0 Å². The van der Waals surface area contributed by atoms with Crippen molar-refractivity contribution in [1.29, 1.82) is 0 Å². The van der Waals surface area contributed by atoms with Crippen LogP contribution in [0.1, 0.15) is 0 Å². The summed E-state index contributed by atoms with van der Waals surface area (Å²) in [6.07, 6.45) is 0. The first kappa shape index (κ1) is 6.71. The number of nitrogens with two attached hydrogens (primary N) is 2. The average Bonchev–Trinajstić information content (AvgIpc) is 1.65. The number of hydrazine groups is 1. The SMILES string of the molecule is [B]/C(N)=C(\S)NN. The second-order valence-corrected chi connectivity index (χ2v) is 1.40. The molecule has 0 fully saturated rings. The van der Waals surface area contributed by atoms with E-state index in [1.54, 1.807) is 0 Å². The number of nitrogens with one attached hydrogen (secondary N) is 1. The lowest BCUT2D eigenvalue weighted by atomic mass is 10.1. The van der Waals surface area contributed by atoms with E-state index >= 15 is 0 Å². The molecule has 0 amide bonds. The zero-order valence-corrected chi connectivity index (χ0v) is 4.57. The third-order valence-electron chi connectivity index (χ3n) is 0.410. The molecule has 0 unspecified atom stereocenters. The minimum absolute atomic E-state index is 0.0887. The number of rotatable bonds is 1. The Balaban J connectivity index is 3.72. The van der Waals surface area contributed by atoms with Gasteiger partial charge in [0.2, 0.25) is 0 Å².